The van der Waals surface area contributed by atoms with Crippen LogP contribution in [0, 0.1) is 11.7 Å². The van der Waals surface area contributed by atoms with E-state index < -0.39 is 0 Å². The summed E-state index contributed by atoms with van der Waals surface area (Å²) in [4.78, 5) is 14.9. The van der Waals surface area contributed by atoms with Gasteiger partial charge in [-0.2, -0.15) is 0 Å². The minimum atomic E-state index is -0.232. The number of esters is 1. The Hall–Kier alpha value is -1.42. The third-order valence-corrected chi connectivity index (χ3v) is 5.32. The Kier molecular flexibility index (Phi) is 4.48. The summed E-state index contributed by atoms with van der Waals surface area (Å²) in [5.74, 6) is -0.357. The molecule has 120 valence electrons. The lowest BCUT2D eigenvalue weighted by molar-refractivity contribution is -0.150. The van der Waals surface area contributed by atoms with Crippen LogP contribution in [0.1, 0.15) is 44.1 Å². The van der Waals surface area contributed by atoms with E-state index in [1.807, 2.05) is 12.1 Å². The highest BCUT2D eigenvalue weighted by Crippen LogP contribution is 2.47. The Morgan fingerprint density at radius 3 is 2.68 bits per heavy atom. The van der Waals surface area contributed by atoms with Crippen LogP contribution in [0.15, 0.2) is 24.3 Å². The van der Waals surface area contributed by atoms with Gasteiger partial charge in [0.1, 0.15) is 5.82 Å². The van der Waals surface area contributed by atoms with Crippen LogP contribution in [-0.4, -0.2) is 36.6 Å². The van der Waals surface area contributed by atoms with Crippen molar-refractivity contribution in [2.24, 2.45) is 5.92 Å². The first-order chi connectivity index (χ1) is 10.7. The van der Waals surface area contributed by atoms with Gasteiger partial charge in [0.05, 0.1) is 13.0 Å². The van der Waals surface area contributed by atoms with Gasteiger partial charge in [0.15, 0.2) is 0 Å². The molecule has 3 unspecified atom stereocenters. The summed E-state index contributed by atoms with van der Waals surface area (Å²) in [6, 6.07) is 7.44. The van der Waals surface area contributed by atoms with Crippen molar-refractivity contribution in [2.45, 2.75) is 50.6 Å². The smallest absolute Gasteiger partial charge is 0.310 e. The third kappa shape index (κ3) is 2.65. The first kappa shape index (κ1) is 15.5. The number of carbonyl (C=O) groups is 1. The largest absolute Gasteiger partial charge is 0.469 e. The average Bonchev–Trinajstić information content (AvgIpc) is 2.80. The summed E-state index contributed by atoms with van der Waals surface area (Å²) in [7, 11) is 1.47. The number of rotatable bonds is 4. The number of fused-ring (bicyclic) bond motifs is 2. The molecule has 2 bridgehead atoms. The SMILES string of the molecule is CCCN1C2CCC1C(C(=O)OC)[C@@H](c1ccc(F)cc1)C2. The van der Waals surface area contributed by atoms with E-state index in [-0.39, 0.29) is 29.7 Å². The summed E-state index contributed by atoms with van der Waals surface area (Å²) in [5.41, 5.74) is 1.06. The number of benzene rings is 1. The van der Waals surface area contributed by atoms with Crippen LogP contribution in [0.5, 0.6) is 0 Å². The van der Waals surface area contributed by atoms with E-state index in [9.17, 15) is 9.18 Å². The molecule has 4 heteroatoms. The second-order valence-electron chi connectivity index (χ2n) is 6.48. The molecular weight excluding hydrogens is 281 g/mol. The van der Waals surface area contributed by atoms with Gasteiger partial charge in [-0.15, -0.1) is 0 Å². The third-order valence-electron chi connectivity index (χ3n) is 5.32. The number of piperidine rings is 1. The predicted octanol–water partition coefficient (Wildman–Crippen LogP) is 3.35. The maximum Gasteiger partial charge on any atom is 0.310 e. The van der Waals surface area contributed by atoms with Crippen LogP contribution in [0.2, 0.25) is 0 Å². The monoisotopic (exact) mass is 305 g/mol. The number of ether oxygens (including phenoxy) is 1. The molecule has 4 atom stereocenters. The quantitative estimate of drug-likeness (QED) is 0.799. The van der Waals surface area contributed by atoms with E-state index in [1.54, 1.807) is 0 Å². The Bertz CT molecular complexity index is 530. The summed E-state index contributed by atoms with van der Waals surface area (Å²) in [6.45, 7) is 3.22. The molecular formula is C18H24FNO2. The second-order valence-corrected chi connectivity index (χ2v) is 6.48. The van der Waals surface area contributed by atoms with Crippen molar-refractivity contribution in [2.75, 3.05) is 13.7 Å². The van der Waals surface area contributed by atoms with Gasteiger partial charge in [-0.25, -0.2) is 4.39 Å². The van der Waals surface area contributed by atoms with Gasteiger partial charge in [-0.1, -0.05) is 19.1 Å². The maximum atomic E-state index is 13.2. The summed E-state index contributed by atoms with van der Waals surface area (Å²) in [5, 5.41) is 0. The molecule has 0 radical (unpaired) electrons. The van der Waals surface area contributed by atoms with Crippen molar-refractivity contribution in [1.29, 1.82) is 0 Å². The standard InChI is InChI=1S/C18H24FNO2/c1-3-10-20-14-8-9-16(20)17(18(21)22-2)15(11-14)12-4-6-13(19)7-5-12/h4-7,14-17H,3,8-11H2,1-2H3/t14?,15-,16?,17?/m1/s1. The molecule has 0 aliphatic carbocycles. The zero-order valence-electron chi connectivity index (χ0n) is 13.3. The first-order valence-electron chi connectivity index (χ1n) is 8.24. The highest BCUT2D eigenvalue weighted by Gasteiger charge is 2.50. The topological polar surface area (TPSA) is 29.5 Å². The molecule has 3 rings (SSSR count). The van der Waals surface area contributed by atoms with E-state index in [2.05, 4.69) is 11.8 Å². The average molecular weight is 305 g/mol. The van der Waals surface area contributed by atoms with Crippen molar-refractivity contribution in [3.05, 3.63) is 35.6 Å². The van der Waals surface area contributed by atoms with Gasteiger partial charge < -0.3 is 4.74 Å². The molecule has 2 aliphatic heterocycles. The van der Waals surface area contributed by atoms with Gasteiger partial charge in [-0.05, 0) is 49.9 Å². The van der Waals surface area contributed by atoms with Crippen LogP contribution in [0.25, 0.3) is 0 Å². The van der Waals surface area contributed by atoms with Crippen molar-refractivity contribution in [3.8, 4) is 0 Å². The van der Waals surface area contributed by atoms with Crippen LogP contribution in [0.4, 0.5) is 4.39 Å². The van der Waals surface area contributed by atoms with E-state index in [1.165, 1.54) is 19.2 Å². The maximum absolute atomic E-state index is 13.2. The van der Waals surface area contributed by atoms with E-state index >= 15 is 0 Å². The first-order valence-corrected chi connectivity index (χ1v) is 8.24. The van der Waals surface area contributed by atoms with Crippen molar-refractivity contribution < 1.29 is 13.9 Å². The molecule has 1 aromatic rings. The van der Waals surface area contributed by atoms with Crippen molar-refractivity contribution >= 4 is 5.97 Å². The molecule has 0 amide bonds. The van der Waals surface area contributed by atoms with Crippen molar-refractivity contribution in [1.82, 2.24) is 4.90 Å². The fourth-order valence-electron chi connectivity index (χ4n) is 4.43. The number of nitrogens with zero attached hydrogens (tertiary/aromatic N) is 1. The van der Waals surface area contributed by atoms with Gasteiger partial charge >= 0.3 is 5.97 Å². The van der Waals surface area contributed by atoms with Gasteiger partial charge in [0.25, 0.3) is 0 Å². The van der Waals surface area contributed by atoms with Crippen molar-refractivity contribution in [3.63, 3.8) is 0 Å². The van der Waals surface area contributed by atoms with Crippen LogP contribution in [-0.2, 0) is 9.53 Å². The number of carbonyl (C=O) groups excluding carboxylic acids is 1. The zero-order chi connectivity index (χ0) is 15.7. The highest BCUT2D eigenvalue weighted by molar-refractivity contribution is 5.75. The van der Waals surface area contributed by atoms with E-state index in [0.717, 1.165) is 37.8 Å². The highest BCUT2D eigenvalue weighted by atomic mass is 19.1. The lowest BCUT2D eigenvalue weighted by Crippen LogP contribution is -2.51. The molecule has 2 heterocycles. The summed E-state index contributed by atoms with van der Waals surface area (Å²) >= 11 is 0. The van der Waals surface area contributed by atoms with E-state index in [4.69, 9.17) is 4.74 Å². The van der Waals surface area contributed by atoms with Crippen LogP contribution < -0.4 is 0 Å². The Labute approximate surface area is 131 Å². The molecule has 0 N–H and O–H groups in total. The predicted molar refractivity (Wildman–Crippen MR) is 83.1 cm³/mol. The van der Waals surface area contributed by atoms with E-state index in [0.29, 0.717) is 6.04 Å². The summed E-state index contributed by atoms with van der Waals surface area (Å²) in [6.07, 6.45) is 4.27. The molecule has 2 fully saturated rings. The molecule has 0 spiro atoms. The van der Waals surface area contributed by atoms with Crippen LogP contribution in [0.3, 0.4) is 0 Å². The lowest BCUT2D eigenvalue weighted by Gasteiger charge is -2.43. The normalized spacial score (nSPS) is 31.2. The van der Waals surface area contributed by atoms with Gasteiger partial charge in [0.2, 0.25) is 0 Å². The second kappa shape index (κ2) is 6.37. The molecule has 2 saturated heterocycles. The minimum Gasteiger partial charge on any atom is -0.469 e. The number of hydrogen-bond donors (Lipinski definition) is 0. The fourth-order valence-corrected chi connectivity index (χ4v) is 4.43. The molecule has 22 heavy (non-hydrogen) atoms. The Morgan fingerprint density at radius 2 is 2.05 bits per heavy atom. The lowest BCUT2D eigenvalue weighted by atomic mass is 9.76. The molecule has 0 saturated carbocycles. The van der Waals surface area contributed by atoms with Gasteiger partial charge in [-0.3, -0.25) is 9.69 Å². The molecule has 2 aliphatic rings. The minimum absolute atomic E-state index is 0.124. The number of halogens is 1. The Morgan fingerprint density at radius 1 is 1.32 bits per heavy atom. The fraction of sp³-hybridized carbons (Fsp3) is 0.611. The number of hydrogen-bond acceptors (Lipinski definition) is 3. The zero-order valence-corrected chi connectivity index (χ0v) is 13.3. The Balaban J connectivity index is 1.92. The molecule has 0 aromatic heterocycles. The number of methoxy groups -OCH3 is 1. The molecule has 3 nitrogen and oxygen atoms in total. The van der Waals surface area contributed by atoms with Crippen LogP contribution >= 0.6 is 0 Å². The van der Waals surface area contributed by atoms with Gasteiger partial charge in [0, 0.05) is 18.0 Å². The molecule has 1 aromatic carbocycles. The summed E-state index contributed by atoms with van der Waals surface area (Å²) < 4.78 is 18.3.